The van der Waals surface area contributed by atoms with Crippen molar-refractivity contribution in [1.82, 2.24) is 14.9 Å². The second-order valence-corrected chi connectivity index (χ2v) is 8.10. The second-order valence-electron chi connectivity index (χ2n) is 7.16. The third kappa shape index (κ3) is 5.07. The van der Waals surface area contributed by atoms with Crippen LogP contribution in [0.5, 0.6) is 0 Å². The van der Waals surface area contributed by atoms with Gasteiger partial charge in [0.1, 0.15) is 0 Å². The van der Waals surface area contributed by atoms with Gasteiger partial charge in [0.25, 0.3) is 5.56 Å². The monoisotopic (exact) mass is 409 g/mol. The summed E-state index contributed by atoms with van der Waals surface area (Å²) in [5, 5.41) is 4.17. The lowest BCUT2D eigenvalue weighted by molar-refractivity contribution is -0.118. The Kier molecular flexibility index (Phi) is 7.09. The van der Waals surface area contributed by atoms with Gasteiger partial charge in [-0.25, -0.2) is 4.98 Å². The van der Waals surface area contributed by atoms with E-state index in [0.29, 0.717) is 22.6 Å². The van der Waals surface area contributed by atoms with Crippen LogP contribution in [0.3, 0.4) is 0 Å². The van der Waals surface area contributed by atoms with Crippen LogP contribution >= 0.6 is 11.8 Å². The molecule has 0 saturated heterocycles. The normalized spacial score (nSPS) is 12.1. The molecule has 1 N–H and O–H groups in total. The number of hydrogen-bond donors (Lipinski definition) is 1. The third-order valence-corrected chi connectivity index (χ3v) is 6.07. The Morgan fingerprint density at radius 1 is 1.17 bits per heavy atom. The summed E-state index contributed by atoms with van der Waals surface area (Å²) in [4.78, 5) is 30.0. The largest absolute Gasteiger partial charge is 0.355 e. The Morgan fingerprint density at radius 3 is 2.66 bits per heavy atom. The molecule has 0 radical (unpaired) electrons. The van der Waals surface area contributed by atoms with Gasteiger partial charge in [-0.15, -0.1) is 0 Å². The summed E-state index contributed by atoms with van der Waals surface area (Å²) < 4.78 is 1.72. The quantitative estimate of drug-likeness (QED) is 0.449. The molecule has 5 nitrogen and oxygen atoms in total. The highest BCUT2D eigenvalue weighted by Crippen LogP contribution is 2.22. The summed E-state index contributed by atoms with van der Waals surface area (Å²) >= 11 is 1.32. The maximum absolute atomic E-state index is 13.0. The van der Waals surface area contributed by atoms with E-state index in [1.165, 1.54) is 22.9 Å². The van der Waals surface area contributed by atoms with E-state index < -0.39 is 0 Å². The van der Waals surface area contributed by atoms with E-state index in [-0.39, 0.29) is 23.3 Å². The first kappa shape index (κ1) is 21.1. The molecule has 0 aliphatic carbocycles. The number of amides is 1. The maximum Gasteiger partial charge on any atom is 0.262 e. The molecular weight excluding hydrogens is 382 g/mol. The zero-order valence-electron chi connectivity index (χ0n) is 17.1. The summed E-state index contributed by atoms with van der Waals surface area (Å²) in [6.45, 7) is 6.71. The summed E-state index contributed by atoms with van der Waals surface area (Å²) in [6, 6.07) is 15.6. The van der Waals surface area contributed by atoms with E-state index in [0.717, 1.165) is 12.8 Å². The van der Waals surface area contributed by atoms with E-state index in [2.05, 4.69) is 29.4 Å². The Bertz CT molecular complexity index is 1060. The van der Waals surface area contributed by atoms with Crippen molar-refractivity contribution in [2.24, 2.45) is 0 Å². The van der Waals surface area contributed by atoms with Gasteiger partial charge in [-0.05, 0) is 49.9 Å². The molecule has 1 amide bonds. The zero-order valence-corrected chi connectivity index (χ0v) is 18.0. The number of nitrogens with zero attached hydrogens (tertiary/aromatic N) is 2. The van der Waals surface area contributed by atoms with Gasteiger partial charge in [-0.2, -0.15) is 0 Å². The predicted octanol–water partition coefficient (Wildman–Crippen LogP) is 4.13. The molecule has 0 aliphatic rings. The van der Waals surface area contributed by atoms with Gasteiger partial charge in [0.15, 0.2) is 5.16 Å². The SMILES string of the molecule is CC[C@H](C)n1c(SCC(=O)NCCc2ccccc2C)nc2ccccc2c1=O. The molecule has 6 heteroatoms. The van der Waals surface area contributed by atoms with E-state index in [4.69, 9.17) is 0 Å². The number of rotatable bonds is 8. The molecule has 1 aromatic heterocycles. The topological polar surface area (TPSA) is 64.0 Å². The number of carbonyl (C=O) groups is 1. The molecule has 0 fully saturated rings. The number of aryl methyl sites for hydroxylation is 1. The summed E-state index contributed by atoms with van der Waals surface area (Å²) in [5.74, 6) is 0.177. The average Bonchev–Trinajstić information content (AvgIpc) is 2.73. The van der Waals surface area contributed by atoms with Gasteiger partial charge in [-0.1, -0.05) is 55.1 Å². The van der Waals surface area contributed by atoms with Crippen molar-refractivity contribution in [2.75, 3.05) is 12.3 Å². The van der Waals surface area contributed by atoms with Crippen molar-refractivity contribution < 1.29 is 4.79 Å². The summed E-state index contributed by atoms with van der Waals surface area (Å²) in [6.07, 6.45) is 1.62. The summed E-state index contributed by atoms with van der Waals surface area (Å²) in [7, 11) is 0. The molecule has 1 atom stereocenters. The maximum atomic E-state index is 13.0. The Balaban J connectivity index is 1.68. The van der Waals surface area contributed by atoms with Crippen molar-refractivity contribution in [3.05, 3.63) is 70.0 Å². The van der Waals surface area contributed by atoms with Gasteiger partial charge in [-0.3, -0.25) is 14.2 Å². The number of nitrogens with one attached hydrogen (secondary N) is 1. The molecule has 0 aliphatic heterocycles. The van der Waals surface area contributed by atoms with Crippen molar-refractivity contribution >= 4 is 28.6 Å². The fourth-order valence-electron chi connectivity index (χ4n) is 3.21. The number of fused-ring (bicyclic) bond motifs is 1. The van der Waals surface area contributed by atoms with Crippen molar-refractivity contribution in [3.63, 3.8) is 0 Å². The molecule has 29 heavy (non-hydrogen) atoms. The smallest absolute Gasteiger partial charge is 0.262 e. The van der Waals surface area contributed by atoms with Crippen LogP contribution in [0.2, 0.25) is 0 Å². The summed E-state index contributed by atoms with van der Waals surface area (Å²) in [5.41, 5.74) is 3.09. The molecular formula is C23H27N3O2S. The minimum atomic E-state index is -0.0540. The van der Waals surface area contributed by atoms with E-state index >= 15 is 0 Å². The van der Waals surface area contributed by atoms with E-state index in [1.807, 2.05) is 44.2 Å². The Labute approximate surface area is 175 Å². The fourth-order valence-corrected chi connectivity index (χ4v) is 4.13. The number of carbonyl (C=O) groups excluding carboxylic acids is 1. The third-order valence-electron chi connectivity index (χ3n) is 5.12. The first-order valence-corrected chi connectivity index (χ1v) is 10.9. The van der Waals surface area contributed by atoms with Crippen LogP contribution < -0.4 is 10.9 Å². The minimum Gasteiger partial charge on any atom is -0.355 e. The highest BCUT2D eigenvalue weighted by atomic mass is 32.2. The molecule has 0 spiro atoms. The average molecular weight is 410 g/mol. The van der Waals surface area contributed by atoms with Gasteiger partial charge >= 0.3 is 0 Å². The molecule has 3 rings (SSSR count). The number of aromatic nitrogens is 2. The molecule has 0 saturated carbocycles. The van der Waals surface area contributed by atoms with Crippen molar-refractivity contribution in [1.29, 1.82) is 0 Å². The lowest BCUT2D eigenvalue weighted by Crippen LogP contribution is -2.29. The highest BCUT2D eigenvalue weighted by molar-refractivity contribution is 7.99. The molecule has 0 bridgehead atoms. The van der Waals surface area contributed by atoms with Crippen molar-refractivity contribution in [2.45, 2.75) is 44.8 Å². The molecule has 152 valence electrons. The molecule has 2 aromatic carbocycles. The number of hydrogen-bond acceptors (Lipinski definition) is 4. The van der Waals surface area contributed by atoms with Gasteiger partial charge in [0.2, 0.25) is 5.91 Å². The first-order chi connectivity index (χ1) is 14.0. The zero-order chi connectivity index (χ0) is 20.8. The van der Waals surface area contributed by atoms with E-state index in [1.54, 1.807) is 10.6 Å². The van der Waals surface area contributed by atoms with Crippen LogP contribution in [0.4, 0.5) is 0 Å². The molecule has 3 aromatic rings. The van der Waals surface area contributed by atoms with Crippen LogP contribution in [-0.4, -0.2) is 27.8 Å². The highest BCUT2D eigenvalue weighted by Gasteiger charge is 2.16. The number of para-hydroxylation sites is 1. The second kappa shape index (κ2) is 9.74. The molecule has 0 unspecified atom stereocenters. The lowest BCUT2D eigenvalue weighted by atomic mass is 10.1. The van der Waals surface area contributed by atoms with E-state index in [9.17, 15) is 9.59 Å². The lowest BCUT2D eigenvalue weighted by Gasteiger charge is -2.18. The Morgan fingerprint density at radius 2 is 1.90 bits per heavy atom. The van der Waals surface area contributed by atoms with Crippen LogP contribution in [0.15, 0.2) is 58.5 Å². The number of thioether (sulfide) groups is 1. The first-order valence-electron chi connectivity index (χ1n) is 9.96. The van der Waals surface area contributed by atoms with Gasteiger partial charge in [0.05, 0.1) is 16.7 Å². The van der Waals surface area contributed by atoms with Crippen LogP contribution in [0.25, 0.3) is 10.9 Å². The minimum absolute atomic E-state index is 0.0197. The fraction of sp³-hybridized carbons (Fsp3) is 0.348. The van der Waals surface area contributed by atoms with Gasteiger partial charge in [0, 0.05) is 12.6 Å². The van der Waals surface area contributed by atoms with Crippen LogP contribution in [-0.2, 0) is 11.2 Å². The van der Waals surface area contributed by atoms with Gasteiger partial charge < -0.3 is 5.32 Å². The van der Waals surface area contributed by atoms with Crippen LogP contribution in [0, 0.1) is 6.92 Å². The number of benzene rings is 2. The Hall–Kier alpha value is -2.60. The molecule has 1 heterocycles. The standard InChI is InChI=1S/C23H27N3O2S/c1-4-17(3)26-22(28)19-11-7-8-12-20(19)25-23(26)29-15-21(27)24-14-13-18-10-6-5-9-16(18)2/h5-12,17H,4,13-15H2,1-3H3,(H,24,27)/t17-/m0/s1. The predicted molar refractivity (Wildman–Crippen MR) is 120 cm³/mol. The van der Waals surface area contributed by atoms with Crippen LogP contribution in [0.1, 0.15) is 37.4 Å². The van der Waals surface area contributed by atoms with Crippen molar-refractivity contribution in [3.8, 4) is 0 Å².